The van der Waals surface area contributed by atoms with E-state index in [2.05, 4.69) is 31.4 Å². The Hall–Kier alpha value is -0.610. The van der Waals surface area contributed by atoms with Crippen LogP contribution >= 0.6 is 0 Å². The Morgan fingerprint density at radius 3 is 2.42 bits per heavy atom. The molecule has 0 radical (unpaired) electrons. The van der Waals surface area contributed by atoms with Crippen molar-refractivity contribution in [3.63, 3.8) is 0 Å². The Labute approximate surface area is 116 Å². The van der Waals surface area contributed by atoms with Crippen molar-refractivity contribution in [2.45, 2.75) is 52.7 Å². The third-order valence-corrected chi connectivity index (χ3v) is 5.04. The van der Waals surface area contributed by atoms with Gasteiger partial charge in [0.05, 0.1) is 18.1 Å². The van der Waals surface area contributed by atoms with E-state index in [0.717, 1.165) is 32.5 Å². The van der Waals surface area contributed by atoms with Gasteiger partial charge in [-0.3, -0.25) is 4.79 Å². The summed E-state index contributed by atoms with van der Waals surface area (Å²) in [5.41, 5.74) is 0.248. The third-order valence-electron chi connectivity index (χ3n) is 5.04. The molecule has 2 saturated heterocycles. The fourth-order valence-corrected chi connectivity index (χ4v) is 3.34. The molecule has 4 atom stereocenters. The van der Waals surface area contributed by atoms with E-state index in [1.165, 1.54) is 0 Å². The first kappa shape index (κ1) is 14.8. The van der Waals surface area contributed by atoms with Crippen molar-refractivity contribution in [3.05, 3.63) is 0 Å². The number of ether oxygens (including phenoxy) is 1. The highest BCUT2D eigenvalue weighted by atomic mass is 16.5. The second kappa shape index (κ2) is 5.80. The van der Waals surface area contributed by atoms with Gasteiger partial charge in [0.25, 0.3) is 0 Å². The quantitative estimate of drug-likeness (QED) is 0.816. The maximum absolute atomic E-state index is 12.4. The molecule has 110 valence electrons. The van der Waals surface area contributed by atoms with Crippen LogP contribution in [-0.4, -0.2) is 37.7 Å². The molecule has 0 aromatic heterocycles. The summed E-state index contributed by atoms with van der Waals surface area (Å²) in [6.45, 7) is 11.4. The number of hydrogen-bond donors (Lipinski definition) is 2. The van der Waals surface area contributed by atoms with Crippen LogP contribution in [0.3, 0.4) is 0 Å². The first-order valence-electron chi connectivity index (χ1n) is 7.57. The summed E-state index contributed by atoms with van der Waals surface area (Å²) in [6, 6.07) is 0. The zero-order valence-corrected chi connectivity index (χ0v) is 12.7. The van der Waals surface area contributed by atoms with E-state index in [-0.39, 0.29) is 29.4 Å². The normalized spacial score (nSPS) is 38.1. The molecule has 19 heavy (non-hydrogen) atoms. The molecule has 2 rings (SSSR count). The van der Waals surface area contributed by atoms with Crippen molar-refractivity contribution in [1.82, 2.24) is 10.6 Å². The number of rotatable bonds is 3. The number of amides is 1. The third kappa shape index (κ3) is 3.29. The van der Waals surface area contributed by atoms with Gasteiger partial charge in [-0.05, 0) is 51.1 Å². The molecule has 1 amide bonds. The first-order chi connectivity index (χ1) is 8.93. The first-order valence-corrected chi connectivity index (χ1v) is 7.57. The molecule has 2 fully saturated rings. The SMILES string of the molecule is CC1OC(C)C(C(=O)NCC2(C)CCNCC2)C1C. The van der Waals surface area contributed by atoms with Gasteiger partial charge in [-0.15, -0.1) is 0 Å². The van der Waals surface area contributed by atoms with Crippen molar-refractivity contribution in [2.24, 2.45) is 17.3 Å². The van der Waals surface area contributed by atoms with Gasteiger partial charge < -0.3 is 15.4 Å². The lowest BCUT2D eigenvalue weighted by atomic mass is 9.80. The molecule has 0 spiro atoms. The minimum Gasteiger partial charge on any atom is -0.374 e. The number of nitrogens with one attached hydrogen (secondary N) is 2. The van der Waals surface area contributed by atoms with Crippen molar-refractivity contribution in [2.75, 3.05) is 19.6 Å². The Balaban J connectivity index is 1.87. The summed E-state index contributed by atoms with van der Waals surface area (Å²) >= 11 is 0. The Kier molecular flexibility index (Phi) is 4.51. The van der Waals surface area contributed by atoms with Crippen LogP contribution in [-0.2, 0) is 9.53 Å². The highest BCUT2D eigenvalue weighted by Crippen LogP contribution is 2.33. The van der Waals surface area contributed by atoms with Gasteiger partial charge in [0.15, 0.2) is 0 Å². The molecule has 0 aromatic carbocycles. The van der Waals surface area contributed by atoms with Crippen LogP contribution in [0.25, 0.3) is 0 Å². The standard InChI is InChI=1S/C15H28N2O2/c1-10-11(2)19-12(3)13(10)14(18)17-9-15(4)5-7-16-8-6-15/h10-13,16H,5-9H2,1-4H3,(H,17,18). The van der Waals surface area contributed by atoms with Crippen molar-refractivity contribution in [3.8, 4) is 0 Å². The van der Waals surface area contributed by atoms with E-state index in [1.807, 2.05) is 6.92 Å². The molecule has 4 heteroatoms. The van der Waals surface area contributed by atoms with Gasteiger partial charge in [-0.2, -0.15) is 0 Å². The molecule has 0 aliphatic carbocycles. The summed E-state index contributed by atoms with van der Waals surface area (Å²) < 4.78 is 5.75. The predicted octanol–water partition coefficient (Wildman–Crippen LogP) is 1.55. The van der Waals surface area contributed by atoms with Gasteiger partial charge in [0.1, 0.15) is 0 Å². The summed E-state index contributed by atoms with van der Waals surface area (Å²) in [4.78, 5) is 12.4. The lowest BCUT2D eigenvalue weighted by molar-refractivity contribution is -0.127. The number of piperidine rings is 1. The van der Waals surface area contributed by atoms with E-state index in [1.54, 1.807) is 0 Å². The Bertz CT molecular complexity index is 326. The smallest absolute Gasteiger partial charge is 0.226 e. The second-order valence-corrected chi connectivity index (χ2v) is 6.71. The van der Waals surface area contributed by atoms with E-state index >= 15 is 0 Å². The molecule has 0 bridgehead atoms. The molecule has 4 nitrogen and oxygen atoms in total. The predicted molar refractivity (Wildman–Crippen MR) is 75.9 cm³/mol. The molecule has 2 heterocycles. The van der Waals surface area contributed by atoms with Crippen molar-refractivity contribution < 1.29 is 9.53 Å². The van der Waals surface area contributed by atoms with Crippen LogP contribution in [0, 0.1) is 17.3 Å². The van der Waals surface area contributed by atoms with E-state index in [0.29, 0.717) is 5.92 Å². The minimum absolute atomic E-state index is 0.000292. The topological polar surface area (TPSA) is 50.4 Å². The van der Waals surface area contributed by atoms with Crippen LogP contribution in [0.5, 0.6) is 0 Å². The average Bonchev–Trinajstić information content (AvgIpc) is 2.62. The molecule has 2 aliphatic rings. The molecule has 0 saturated carbocycles. The molecular formula is C15H28N2O2. The maximum Gasteiger partial charge on any atom is 0.226 e. The van der Waals surface area contributed by atoms with E-state index in [4.69, 9.17) is 4.74 Å². The largest absolute Gasteiger partial charge is 0.374 e. The summed E-state index contributed by atoms with van der Waals surface area (Å²) in [7, 11) is 0. The van der Waals surface area contributed by atoms with Gasteiger partial charge in [-0.1, -0.05) is 13.8 Å². The zero-order valence-electron chi connectivity index (χ0n) is 12.7. The molecular weight excluding hydrogens is 240 g/mol. The fourth-order valence-electron chi connectivity index (χ4n) is 3.34. The molecule has 4 unspecified atom stereocenters. The highest BCUT2D eigenvalue weighted by molar-refractivity contribution is 5.80. The zero-order chi connectivity index (χ0) is 14.0. The highest BCUT2D eigenvalue weighted by Gasteiger charge is 2.42. The lowest BCUT2D eigenvalue weighted by Crippen LogP contribution is -2.46. The van der Waals surface area contributed by atoms with Crippen LogP contribution in [0.1, 0.15) is 40.5 Å². The van der Waals surface area contributed by atoms with Gasteiger partial charge in [0, 0.05) is 6.54 Å². The van der Waals surface area contributed by atoms with E-state index in [9.17, 15) is 4.79 Å². The number of carbonyl (C=O) groups excluding carboxylic acids is 1. The van der Waals surface area contributed by atoms with Gasteiger partial charge >= 0.3 is 0 Å². The maximum atomic E-state index is 12.4. The van der Waals surface area contributed by atoms with Crippen molar-refractivity contribution in [1.29, 1.82) is 0 Å². The van der Waals surface area contributed by atoms with Crippen LogP contribution in [0.2, 0.25) is 0 Å². The van der Waals surface area contributed by atoms with Crippen LogP contribution < -0.4 is 10.6 Å². The van der Waals surface area contributed by atoms with Gasteiger partial charge in [-0.25, -0.2) is 0 Å². The molecule has 0 aromatic rings. The molecule has 2 N–H and O–H groups in total. The lowest BCUT2D eigenvalue weighted by Gasteiger charge is -2.34. The number of carbonyl (C=O) groups is 1. The Morgan fingerprint density at radius 2 is 1.89 bits per heavy atom. The summed E-state index contributed by atoms with van der Waals surface area (Å²) in [5, 5.41) is 6.54. The van der Waals surface area contributed by atoms with E-state index < -0.39 is 0 Å². The second-order valence-electron chi connectivity index (χ2n) is 6.71. The van der Waals surface area contributed by atoms with Crippen LogP contribution in [0.15, 0.2) is 0 Å². The minimum atomic E-state index is 0.000292. The van der Waals surface area contributed by atoms with Gasteiger partial charge in [0.2, 0.25) is 5.91 Å². The fraction of sp³-hybridized carbons (Fsp3) is 0.933. The Morgan fingerprint density at radius 1 is 1.26 bits per heavy atom. The molecule has 2 aliphatic heterocycles. The average molecular weight is 268 g/mol. The monoisotopic (exact) mass is 268 g/mol. The summed E-state index contributed by atoms with van der Waals surface area (Å²) in [5.74, 6) is 0.472. The van der Waals surface area contributed by atoms with Crippen molar-refractivity contribution >= 4 is 5.91 Å². The summed E-state index contributed by atoms with van der Waals surface area (Å²) in [6.07, 6.45) is 2.48. The number of hydrogen-bond acceptors (Lipinski definition) is 3. The van der Waals surface area contributed by atoms with Crippen LogP contribution in [0.4, 0.5) is 0 Å².